The van der Waals surface area contributed by atoms with Crippen LogP contribution in [-0.4, -0.2) is 19.2 Å². The van der Waals surface area contributed by atoms with Gasteiger partial charge in [0.2, 0.25) is 0 Å². The van der Waals surface area contributed by atoms with Gasteiger partial charge in [0, 0.05) is 6.61 Å². The van der Waals surface area contributed by atoms with Crippen LogP contribution >= 0.6 is 0 Å². The summed E-state index contributed by atoms with van der Waals surface area (Å²) >= 11 is 0. The summed E-state index contributed by atoms with van der Waals surface area (Å²) in [4.78, 5) is 0. The summed E-state index contributed by atoms with van der Waals surface area (Å²) in [7, 11) is 0. The van der Waals surface area contributed by atoms with Crippen molar-refractivity contribution in [3.63, 3.8) is 0 Å². The highest BCUT2D eigenvalue weighted by Gasteiger charge is 2.07. The topological polar surface area (TPSA) is 27.7 Å². The lowest BCUT2D eigenvalue weighted by Gasteiger charge is -2.18. The smallest absolute Gasteiger partial charge is 0.198 e. The molecule has 0 saturated heterocycles. The summed E-state index contributed by atoms with van der Waals surface area (Å²) in [6.07, 6.45) is 3.04. The summed E-state index contributed by atoms with van der Waals surface area (Å²) in [6, 6.07) is 0. The van der Waals surface area contributed by atoms with Crippen molar-refractivity contribution in [2.45, 2.75) is 46.2 Å². The number of hydrogen-bond acceptors (Lipinski definition) is 3. The van der Waals surface area contributed by atoms with Gasteiger partial charge in [0.05, 0.1) is 6.26 Å². The summed E-state index contributed by atoms with van der Waals surface area (Å²) in [6.45, 7) is 9.96. The van der Waals surface area contributed by atoms with Gasteiger partial charge in [0.25, 0.3) is 0 Å². The molecule has 0 heterocycles. The van der Waals surface area contributed by atoms with Crippen LogP contribution in [0.25, 0.3) is 0 Å². The molecule has 2 unspecified atom stereocenters. The van der Waals surface area contributed by atoms with E-state index in [0.29, 0.717) is 0 Å². The molecule has 0 aliphatic rings. The zero-order valence-corrected chi connectivity index (χ0v) is 8.79. The molecule has 0 aromatic heterocycles. The molecule has 0 N–H and O–H groups in total. The number of rotatable bonds is 8. The minimum Gasteiger partial charge on any atom is -0.473 e. The zero-order valence-electron chi connectivity index (χ0n) is 8.79. The van der Waals surface area contributed by atoms with E-state index in [2.05, 4.69) is 13.5 Å². The van der Waals surface area contributed by atoms with E-state index in [1.165, 1.54) is 6.26 Å². The standard InChI is InChI=1S/C10H20O3/c1-5-7-8-12-10(4)13-9(3)11-6-2/h6,9-10H,2,5,7-8H2,1,3-4H3. The van der Waals surface area contributed by atoms with Gasteiger partial charge in [0.1, 0.15) is 0 Å². The SMILES string of the molecule is C=COC(C)OC(C)OCCCC. The molecule has 0 fully saturated rings. The Morgan fingerprint density at radius 1 is 1.31 bits per heavy atom. The molecule has 0 bridgehead atoms. The van der Waals surface area contributed by atoms with Crippen LogP contribution in [0.4, 0.5) is 0 Å². The third kappa shape index (κ3) is 7.81. The Labute approximate surface area is 80.7 Å². The Hall–Kier alpha value is -0.540. The second-order valence-electron chi connectivity index (χ2n) is 2.80. The van der Waals surface area contributed by atoms with Crippen LogP contribution < -0.4 is 0 Å². The van der Waals surface area contributed by atoms with E-state index in [1.807, 2.05) is 6.92 Å². The minimum atomic E-state index is -0.297. The molecule has 0 spiro atoms. The molecule has 3 heteroatoms. The van der Waals surface area contributed by atoms with Crippen molar-refractivity contribution < 1.29 is 14.2 Å². The highest BCUT2D eigenvalue weighted by Crippen LogP contribution is 2.02. The van der Waals surface area contributed by atoms with Crippen molar-refractivity contribution in [2.24, 2.45) is 0 Å². The van der Waals surface area contributed by atoms with E-state index in [0.717, 1.165) is 19.4 Å². The van der Waals surface area contributed by atoms with E-state index in [4.69, 9.17) is 14.2 Å². The Bertz CT molecular complexity index is 125. The summed E-state index contributed by atoms with van der Waals surface area (Å²) in [5.74, 6) is 0. The van der Waals surface area contributed by atoms with Crippen molar-refractivity contribution >= 4 is 0 Å². The largest absolute Gasteiger partial charge is 0.473 e. The lowest BCUT2D eigenvalue weighted by Crippen LogP contribution is -2.21. The molecule has 0 rings (SSSR count). The highest BCUT2D eigenvalue weighted by atomic mass is 16.8. The van der Waals surface area contributed by atoms with E-state index < -0.39 is 0 Å². The van der Waals surface area contributed by atoms with Crippen molar-refractivity contribution in [3.05, 3.63) is 12.8 Å². The van der Waals surface area contributed by atoms with Crippen molar-refractivity contribution in [1.82, 2.24) is 0 Å². The molecule has 0 aliphatic carbocycles. The van der Waals surface area contributed by atoms with E-state index >= 15 is 0 Å². The molecule has 0 amide bonds. The van der Waals surface area contributed by atoms with Gasteiger partial charge in [0.15, 0.2) is 12.6 Å². The Morgan fingerprint density at radius 2 is 2.00 bits per heavy atom. The summed E-state index contributed by atoms with van der Waals surface area (Å²) in [5.41, 5.74) is 0. The molecule has 0 aromatic carbocycles. The summed E-state index contributed by atoms with van der Waals surface area (Å²) < 4.78 is 15.7. The molecule has 0 saturated carbocycles. The monoisotopic (exact) mass is 188 g/mol. The van der Waals surface area contributed by atoms with E-state index in [1.54, 1.807) is 6.92 Å². The van der Waals surface area contributed by atoms with Crippen LogP contribution in [0.3, 0.4) is 0 Å². The van der Waals surface area contributed by atoms with Crippen LogP contribution in [0, 0.1) is 0 Å². The normalized spacial score (nSPS) is 15.0. The Kier molecular flexibility index (Phi) is 7.74. The molecule has 0 radical (unpaired) electrons. The quantitative estimate of drug-likeness (QED) is 0.333. The lowest BCUT2D eigenvalue weighted by molar-refractivity contribution is -0.215. The molecule has 0 aromatic rings. The lowest BCUT2D eigenvalue weighted by atomic mass is 10.4. The molecule has 0 aliphatic heterocycles. The number of unbranched alkanes of at least 4 members (excludes halogenated alkanes) is 1. The van der Waals surface area contributed by atoms with Crippen molar-refractivity contribution in [2.75, 3.05) is 6.61 Å². The molecular weight excluding hydrogens is 168 g/mol. The van der Waals surface area contributed by atoms with Gasteiger partial charge in [-0.3, -0.25) is 0 Å². The average Bonchev–Trinajstić information content (AvgIpc) is 2.05. The van der Waals surface area contributed by atoms with Crippen molar-refractivity contribution in [3.8, 4) is 0 Å². The third-order valence-electron chi connectivity index (χ3n) is 1.52. The Balaban J connectivity index is 3.37. The van der Waals surface area contributed by atoms with Gasteiger partial charge < -0.3 is 14.2 Å². The van der Waals surface area contributed by atoms with Crippen LogP contribution in [0.15, 0.2) is 12.8 Å². The van der Waals surface area contributed by atoms with E-state index in [9.17, 15) is 0 Å². The van der Waals surface area contributed by atoms with Crippen LogP contribution in [-0.2, 0) is 14.2 Å². The average molecular weight is 188 g/mol. The fourth-order valence-electron chi connectivity index (χ4n) is 0.870. The fraction of sp³-hybridized carbons (Fsp3) is 0.800. The number of ether oxygens (including phenoxy) is 3. The van der Waals surface area contributed by atoms with Gasteiger partial charge in [-0.05, 0) is 20.3 Å². The molecule has 3 nitrogen and oxygen atoms in total. The van der Waals surface area contributed by atoms with Gasteiger partial charge in [-0.2, -0.15) is 0 Å². The summed E-state index contributed by atoms with van der Waals surface area (Å²) in [5, 5.41) is 0. The maximum atomic E-state index is 5.36. The van der Waals surface area contributed by atoms with Crippen molar-refractivity contribution in [1.29, 1.82) is 0 Å². The highest BCUT2D eigenvalue weighted by molar-refractivity contribution is 4.49. The maximum Gasteiger partial charge on any atom is 0.198 e. The van der Waals surface area contributed by atoms with Crippen LogP contribution in [0.2, 0.25) is 0 Å². The van der Waals surface area contributed by atoms with Gasteiger partial charge in [-0.25, -0.2) is 0 Å². The third-order valence-corrected chi connectivity index (χ3v) is 1.52. The van der Waals surface area contributed by atoms with Crippen LogP contribution in [0.1, 0.15) is 33.6 Å². The van der Waals surface area contributed by atoms with Gasteiger partial charge in [-0.1, -0.05) is 19.9 Å². The van der Waals surface area contributed by atoms with E-state index in [-0.39, 0.29) is 12.6 Å². The molecule has 78 valence electrons. The molecular formula is C10H20O3. The first kappa shape index (κ1) is 12.5. The molecule has 2 atom stereocenters. The predicted molar refractivity (Wildman–Crippen MR) is 52.2 cm³/mol. The second kappa shape index (κ2) is 8.08. The van der Waals surface area contributed by atoms with Gasteiger partial charge in [-0.15, -0.1) is 0 Å². The van der Waals surface area contributed by atoms with Gasteiger partial charge >= 0.3 is 0 Å². The zero-order chi connectivity index (χ0) is 10.1. The predicted octanol–water partition coefficient (Wildman–Crippen LogP) is 2.67. The minimum absolute atomic E-state index is 0.221. The maximum absolute atomic E-state index is 5.36. The first-order valence-electron chi connectivity index (χ1n) is 4.74. The number of hydrogen-bond donors (Lipinski definition) is 0. The second-order valence-corrected chi connectivity index (χ2v) is 2.80. The Morgan fingerprint density at radius 3 is 2.54 bits per heavy atom. The molecule has 13 heavy (non-hydrogen) atoms. The first-order chi connectivity index (χ1) is 6.20. The van der Waals surface area contributed by atoms with Crippen LogP contribution in [0.5, 0.6) is 0 Å². The fourth-order valence-corrected chi connectivity index (χ4v) is 0.870. The first-order valence-corrected chi connectivity index (χ1v) is 4.74.